The van der Waals surface area contributed by atoms with Gasteiger partial charge in [0.1, 0.15) is 0 Å². The molecule has 8 heavy (non-hydrogen) atoms. The van der Waals surface area contributed by atoms with E-state index in [0.29, 0.717) is 0 Å². The second-order valence-corrected chi connectivity index (χ2v) is 0. The van der Waals surface area contributed by atoms with Gasteiger partial charge >= 0.3 is 0 Å². The van der Waals surface area contributed by atoms with Gasteiger partial charge in [0.2, 0.25) is 0 Å². The van der Waals surface area contributed by atoms with Gasteiger partial charge in [0.15, 0.2) is 0 Å². The van der Waals surface area contributed by atoms with E-state index in [0.717, 1.165) is 0 Å². The summed E-state index contributed by atoms with van der Waals surface area (Å²) in [7, 11) is 0. The Morgan fingerprint density at radius 1 is 0.375 bits per heavy atom. The Morgan fingerprint density at radius 3 is 0.375 bits per heavy atom. The van der Waals surface area contributed by atoms with E-state index in [9.17, 15) is 0 Å². The maximum Gasteiger partial charge on any atom is 0 e. The van der Waals surface area contributed by atoms with Gasteiger partial charge in [-0.2, -0.15) is 0 Å². The predicted octanol–water partition coefficient (Wildman–Crippen LogP) is 1.39. The molecule has 0 unspecified atom stereocenters. The molecule has 0 rings (SSSR count). The molecule has 0 heterocycles. The summed E-state index contributed by atoms with van der Waals surface area (Å²) in [5, 5.41) is 0. The quantitative estimate of drug-likeness (QED) is 0.385. The Kier molecular flexibility index (Phi) is 77300. The minimum absolute atomic E-state index is 0. The van der Waals surface area contributed by atoms with Crippen molar-refractivity contribution < 1.29 is 21.1 Å². The zero-order valence-corrected chi connectivity index (χ0v) is 8.06. The van der Waals surface area contributed by atoms with Gasteiger partial charge < -0.3 is 36.9 Å². The van der Waals surface area contributed by atoms with E-state index in [4.69, 9.17) is 0 Å². The molecule has 0 aromatic heterocycles. The topological polar surface area (TPSA) is 210 Å². The van der Waals surface area contributed by atoms with Crippen LogP contribution in [0.3, 0.4) is 0 Å². The van der Waals surface area contributed by atoms with Crippen LogP contribution in [0.2, 0.25) is 0 Å². The van der Waals surface area contributed by atoms with Crippen molar-refractivity contribution in [2.45, 2.75) is 0 Å². The van der Waals surface area contributed by atoms with Crippen LogP contribution in [0.5, 0.6) is 0 Å². The van der Waals surface area contributed by atoms with Gasteiger partial charge in [0.25, 0.3) is 0 Å². The van der Waals surface area contributed by atoms with E-state index in [-0.39, 0.29) is 70.4 Å². The molecule has 0 aliphatic heterocycles. The average Bonchev–Trinajstić information content (AvgIpc) is 0. The maximum absolute atomic E-state index is 0. The van der Waals surface area contributed by atoms with Crippen molar-refractivity contribution in [2.24, 2.45) is 0 Å². The molecule has 0 amide bonds. The summed E-state index contributed by atoms with van der Waals surface area (Å²) >= 11 is 0. The Balaban J connectivity index is 0. The van der Waals surface area contributed by atoms with Gasteiger partial charge in [-0.05, 0) is 0 Å². The van der Waals surface area contributed by atoms with Crippen molar-refractivity contribution in [1.29, 1.82) is 0 Å². The van der Waals surface area contributed by atoms with Gasteiger partial charge in [0, 0.05) is 21.1 Å². The minimum atomic E-state index is 0. The fourth-order valence-electron chi connectivity index (χ4n) is 0. The summed E-state index contributed by atoms with van der Waals surface area (Å²) < 4.78 is 0. The second kappa shape index (κ2) is 645. The largest absolute Gasteiger partial charge is 0.344 e. The van der Waals surface area contributed by atoms with Gasteiger partial charge in [0.05, 0.1) is 0 Å². The maximum atomic E-state index is 0. The molecule has 6 nitrogen and oxygen atoms in total. The van der Waals surface area contributed by atoms with Crippen LogP contribution in [0, 0.1) is 0 Å². The van der Waals surface area contributed by atoms with Crippen molar-refractivity contribution >= 4 is 12.4 Å². The Labute approximate surface area is 70.7 Å². The van der Waals surface area contributed by atoms with E-state index < -0.39 is 0 Å². The fourth-order valence-corrected chi connectivity index (χ4v) is 0. The summed E-state index contributed by atoms with van der Waals surface area (Å²) in [6.07, 6.45) is 0. The smallest absolute Gasteiger partial charge is 0 e. The molecule has 0 aliphatic carbocycles. The summed E-state index contributed by atoms with van der Waals surface area (Å²) in [5.74, 6) is 0. The molecule has 0 aromatic carbocycles. The van der Waals surface area contributed by atoms with Crippen LogP contribution >= 0.6 is 12.4 Å². The van der Waals surface area contributed by atoms with Crippen LogP contribution in [0.25, 0.3) is 0 Å². The van der Waals surface area contributed by atoms with Gasteiger partial charge in [-0.15, -0.1) is 12.4 Å². The van der Waals surface area contributed by atoms with Crippen LogP contribution in [-0.4, -0.2) is 0 Å². The van der Waals surface area contributed by atoms with Crippen LogP contribution in [0.1, 0.15) is 0 Å². The van der Waals surface area contributed by atoms with Gasteiger partial charge in [-0.1, -0.05) is 0 Å². The number of halogens is 1. The van der Waals surface area contributed by atoms with E-state index >= 15 is 0 Å². The second-order valence-electron chi connectivity index (χ2n) is 0. The van der Waals surface area contributed by atoms with Crippen LogP contribution < -0.4 is 36.9 Å². The van der Waals surface area contributed by atoms with Crippen molar-refractivity contribution in [3.8, 4) is 0 Å². The monoisotopic (exact) mass is 333 g/mol. The van der Waals surface area contributed by atoms with Crippen LogP contribution in [0.4, 0.5) is 0 Å². The molecule has 18 N–H and O–H groups in total. The standard InChI is InChI=1S/ClH.6H3N.Pt/h1H;6*1H3;. The molecule has 66 valence electrons. The number of hydrogen-bond donors (Lipinski definition) is 6. The molecule has 0 aliphatic rings. The third kappa shape index (κ3) is 407. The van der Waals surface area contributed by atoms with Crippen molar-refractivity contribution in [3.63, 3.8) is 0 Å². The SMILES string of the molecule is Cl.N.N.N.N.N.N.[Pt]. The molecule has 0 saturated carbocycles. The molecule has 8 heteroatoms. The Morgan fingerprint density at radius 2 is 0.375 bits per heavy atom. The third-order valence-electron chi connectivity index (χ3n) is 0. The van der Waals surface area contributed by atoms with E-state index in [1.165, 1.54) is 0 Å². The average molecular weight is 334 g/mol. The van der Waals surface area contributed by atoms with Crippen molar-refractivity contribution in [2.75, 3.05) is 0 Å². The van der Waals surface area contributed by atoms with E-state index in [1.807, 2.05) is 0 Å². The minimum Gasteiger partial charge on any atom is -0.344 e. The zero-order valence-electron chi connectivity index (χ0n) is 4.97. The molecule has 0 spiro atoms. The molecular formula is H19ClN6Pt. The molecular weight excluding hydrogens is 315 g/mol. The van der Waals surface area contributed by atoms with Crippen LogP contribution in [0.15, 0.2) is 0 Å². The number of rotatable bonds is 0. The zero-order chi connectivity index (χ0) is 0. The summed E-state index contributed by atoms with van der Waals surface area (Å²) in [6, 6.07) is 0. The third-order valence-corrected chi connectivity index (χ3v) is 0. The molecule has 0 bridgehead atoms. The van der Waals surface area contributed by atoms with E-state index in [1.54, 1.807) is 0 Å². The van der Waals surface area contributed by atoms with Crippen LogP contribution in [-0.2, 0) is 21.1 Å². The summed E-state index contributed by atoms with van der Waals surface area (Å²) in [4.78, 5) is 0. The molecule has 0 atom stereocenters. The predicted molar refractivity (Wildman–Crippen MR) is 37.4 cm³/mol. The Bertz CT molecular complexity index is 8.49. The van der Waals surface area contributed by atoms with Gasteiger partial charge in [-0.3, -0.25) is 0 Å². The van der Waals surface area contributed by atoms with E-state index in [2.05, 4.69) is 0 Å². The van der Waals surface area contributed by atoms with Gasteiger partial charge in [-0.25, -0.2) is 0 Å². The Hall–Kier alpha value is 0.738. The first kappa shape index (κ1) is 960. The van der Waals surface area contributed by atoms with Crippen molar-refractivity contribution in [1.82, 2.24) is 36.9 Å². The fraction of sp³-hybridized carbons (Fsp3) is 0. The molecule has 0 saturated heterocycles. The van der Waals surface area contributed by atoms with Crippen molar-refractivity contribution in [3.05, 3.63) is 0 Å². The first-order valence-electron chi connectivity index (χ1n) is 0. The molecule has 0 fully saturated rings. The summed E-state index contributed by atoms with van der Waals surface area (Å²) in [5.41, 5.74) is 0. The molecule has 0 radical (unpaired) electrons. The first-order chi connectivity index (χ1) is 0. The first-order valence-corrected chi connectivity index (χ1v) is 0. The summed E-state index contributed by atoms with van der Waals surface area (Å²) in [6.45, 7) is 0. The normalized spacial score (nSPS) is 0. The molecule has 0 aromatic rings. The number of hydrogen-bond acceptors (Lipinski definition) is 6.